The molecule has 25 heavy (non-hydrogen) atoms. The summed E-state index contributed by atoms with van der Waals surface area (Å²) < 4.78 is 33.0. The molecule has 2 aromatic rings. The van der Waals surface area contributed by atoms with E-state index in [1.807, 2.05) is 22.8 Å². The number of aromatic nitrogens is 2. The highest BCUT2D eigenvalue weighted by molar-refractivity contribution is 5.74. The van der Waals surface area contributed by atoms with E-state index in [4.69, 9.17) is 25.1 Å². The number of aliphatic hydroxyl groups excluding tert-OH is 1. The summed E-state index contributed by atoms with van der Waals surface area (Å²) in [5.74, 6) is 1.57. The van der Waals surface area contributed by atoms with Gasteiger partial charge in [-0.15, -0.1) is 0 Å². The van der Waals surface area contributed by atoms with Gasteiger partial charge in [0, 0.05) is 6.07 Å². The van der Waals surface area contributed by atoms with Crippen molar-refractivity contribution in [3.8, 4) is 5.75 Å². The Kier molecular flexibility index (Phi) is 8.07. The Labute approximate surface area is 146 Å². The number of methoxy groups -OCH3 is 1. The molecule has 8 heteroatoms. The quantitative estimate of drug-likeness (QED) is 0.425. The van der Waals surface area contributed by atoms with Gasteiger partial charge in [-0.2, -0.15) is 0 Å². The maximum absolute atomic E-state index is 13.0. The molecule has 7 nitrogen and oxygen atoms in total. The fourth-order valence-corrected chi connectivity index (χ4v) is 2.84. The van der Waals surface area contributed by atoms with Crippen LogP contribution in [0.3, 0.4) is 0 Å². The zero-order chi connectivity index (χ0) is 18.1. The minimum Gasteiger partial charge on any atom is -0.497 e. The maximum Gasteiger partial charge on any atom is 0.271 e. The van der Waals surface area contributed by atoms with Gasteiger partial charge in [-0.3, -0.25) is 0 Å². The fraction of sp³-hybridized carbons (Fsp3) is 0.588. The van der Waals surface area contributed by atoms with Gasteiger partial charge >= 0.3 is 0 Å². The first kappa shape index (κ1) is 19.6. The Hall–Kier alpha value is -1.74. The van der Waals surface area contributed by atoms with Crippen molar-refractivity contribution in [3.63, 3.8) is 0 Å². The van der Waals surface area contributed by atoms with Crippen LogP contribution in [0.15, 0.2) is 18.2 Å². The Balaban J connectivity index is 2.14. The number of aryl methyl sites for hydroxylation is 1. The van der Waals surface area contributed by atoms with Gasteiger partial charge in [0.25, 0.3) is 5.82 Å². The Morgan fingerprint density at radius 2 is 1.96 bits per heavy atom. The summed E-state index contributed by atoms with van der Waals surface area (Å²) in [5.41, 5.74) is 7.78. The number of aliphatic hydroxyl groups is 1. The lowest BCUT2D eigenvalue weighted by atomic mass is 10.3. The molecule has 0 radical (unpaired) electrons. The number of nitrogens with zero attached hydrogens (tertiary/aromatic N) is 2. The highest BCUT2D eigenvalue weighted by atomic mass is 19.1. The molecular formula is C17H27FN3O4+. The van der Waals surface area contributed by atoms with Crippen LogP contribution in [0.2, 0.25) is 0 Å². The second-order valence-electron chi connectivity index (χ2n) is 5.42. The standard InChI is InChI=1S/C17H27FN3O4/c1-23-14-2-3-15-16(12-14)20(5-4-18)17(13-19)21(15)6-8-24-10-11-25-9-7-22/h2-3,12,22H,4-11,13,19H2,1H3/q+1. The molecule has 0 bridgehead atoms. The summed E-state index contributed by atoms with van der Waals surface area (Å²) in [6, 6.07) is 5.72. The van der Waals surface area contributed by atoms with Gasteiger partial charge in [0.15, 0.2) is 11.0 Å². The van der Waals surface area contributed by atoms with Crippen molar-refractivity contribution in [2.24, 2.45) is 5.73 Å². The molecule has 3 N–H and O–H groups in total. The SMILES string of the molecule is COc1ccc2c(c1)n(CCF)c(CN)[n+]2CCOCCOCCO. The third kappa shape index (κ3) is 4.88. The maximum atomic E-state index is 13.0. The second-order valence-corrected chi connectivity index (χ2v) is 5.42. The number of benzene rings is 1. The molecule has 0 atom stereocenters. The number of halogens is 1. The number of imidazole rings is 1. The highest BCUT2D eigenvalue weighted by Crippen LogP contribution is 2.21. The molecule has 140 valence electrons. The van der Waals surface area contributed by atoms with Gasteiger partial charge in [-0.1, -0.05) is 0 Å². The predicted octanol–water partition coefficient (Wildman–Crippen LogP) is 0.391. The normalized spacial score (nSPS) is 11.4. The van der Waals surface area contributed by atoms with E-state index in [1.54, 1.807) is 7.11 Å². The van der Waals surface area contributed by atoms with E-state index in [1.165, 1.54) is 0 Å². The van der Waals surface area contributed by atoms with Crippen LogP contribution in [0.25, 0.3) is 11.0 Å². The van der Waals surface area contributed by atoms with Crippen LogP contribution in [0, 0.1) is 0 Å². The molecule has 1 heterocycles. The number of alkyl halides is 1. The molecule has 0 saturated heterocycles. The lowest BCUT2D eigenvalue weighted by Gasteiger charge is -2.05. The Morgan fingerprint density at radius 3 is 2.60 bits per heavy atom. The highest BCUT2D eigenvalue weighted by Gasteiger charge is 2.24. The summed E-state index contributed by atoms with van der Waals surface area (Å²) in [6.45, 7) is 2.39. The zero-order valence-corrected chi connectivity index (χ0v) is 14.6. The molecule has 0 aliphatic carbocycles. The van der Waals surface area contributed by atoms with Crippen molar-refractivity contribution in [2.45, 2.75) is 19.6 Å². The van der Waals surface area contributed by atoms with Gasteiger partial charge in [0.05, 0.1) is 46.7 Å². The summed E-state index contributed by atoms with van der Waals surface area (Å²) >= 11 is 0. The average molecular weight is 356 g/mol. The van der Waals surface area contributed by atoms with Crippen LogP contribution < -0.4 is 15.0 Å². The van der Waals surface area contributed by atoms with Gasteiger partial charge < -0.3 is 25.1 Å². The zero-order valence-electron chi connectivity index (χ0n) is 14.6. The first-order valence-corrected chi connectivity index (χ1v) is 8.38. The predicted molar refractivity (Wildman–Crippen MR) is 91.3 cm³/mol. The van der Waals surface area contributed by atoms with Crippen LogP contribution in [-0.4, -0.2) is 56.5 Å². The van der Waals surface area contributed by atoms with Gasteiger partial charge in [-0.05, 0) is 12.1 Å². The summed E-state index contributed by atoms with van der Waals surface area (Å²) in [5, 5.41) is 8.64. The van der Waals surface area contributed by atoms with Gasteiger partial charge in [0.1, 0.15) is 25.5 Å². The summed E-state index contributed by atoms with van der Waals surface area (Å²) in [6.07, 6.45) is 0. The largest absolute Gasteiger partial charge is 0.497 e. The first-order valence-electron chi connectivity index (χ1n) is 8.38. The number of rotatable bonds is 12. The van der Waals surface area contributed by atoms with Crippen LogP contribution in [0.4, 0.5) is 4.39 Å². The first-order chi connectivity index (χ1) is 12.3. The monoisotopic (exact) mass is 356 g/mol. The average Bonchev–Trinajstić information content (AvgIpc) is 2.93. The van der Waals surface area contributed by atoms with Crippen molar-refractivity contribution in [1.82, 2.24) is 4.57 Å². The molecule has 0 aliphatic heterocycles. The molecular weight excluding hydrogens is 329 g/mol. The molecule has 0 spiro atoms. The Morgan fingerprint density at radius 1 is 1.20 bits per heavy atom. The Bertz CT molecular complexity index is 663. The van der Waals surface area contributed by atoms with E-state index >= 15 is 0 Å². The number of fused-ring (bicyclic) bond motifs is 1. The van der Waals surface area contributed by atoms with Crippen molar-refractivity contribution in [2.75, 3.05) is 46.8 Å². The summed E-state index contributed by atoms with van der Waals surface area (Å²) in [7, 11) is 1.61. The second kappa shape index (κ2) is 10.3. The van der Waals surface area contributed by atoms with E-state index in [9.17, 15) is 4.39 Å². The molecule has 0 aliphatic rings. The lowest BCUT2D eigenvalue weighted by molar-refractivity contribution is -0.681. The van der Waals surface area contributed by atoms with Crippen molar-refractivity contribution in [1.29, 1.82) is 0 Å². The number of hydrogen-bond donors (Lipinski definition) is 2. The molecule has 1 aromatic carbocycles. The number of ether oxygens (including phenoxy) is 3. The third-order valence-electron chi connectivity index (χ3n) is 3.94. The molecule has 2 rings (SSSR count). The van der Waals surface area contributed by atoms with Crippen LogP contribution in [0.1, 0.15) is 5.82 Å². The van der Waals surface area contributed by atoms with E-state index in [-0.39, 0.29) is 13.2 Å². The third-order valence-corrected chi connectivity index (χ3v) is 3.94. The molecule has 0 unspecified atom stereocenters. The molecule has 1 aromatic heterocycles. The van der Waals surface area contributed by atoms with Gasteiger partial charge in [0.2, 0.25) is 0 Å². The van der Waals surface area contributed by atoms with E-state index in [0.29, 0.717) is 39.5 Å². The van der Waals surface area contributed by atoms with E-state index in [0.717, 1.165) is 22.6 Å². The van der Waals surface area contributed by atoms with Crippen LogP contribution >= 0.6 is 0 Å². The number of nitrogens with two attached hydrogens (primary N) is 1. The molecule has 0 fully saturated rings. The van der Waals surface area contributed by atoms with E-state index in [2.05, 4.69) is 4.57 Å². The van der Waals surface area contributed by atoms with Crippen molar-refractivity contribution in [3.05, 3.63) is 24.0 Å². The lowest BCUT2D eigenvalue weighted by Crippen LogP contribution is -2.41. The fourth-order valence-electron chi connectivity index (χ4n) is 2.84. The van der Waals surface area contributed by atoms with E-state index < -0.39 is 6.67 Å². The minimum atomic E-state index is -0.466. The smallest absolute Gasteiger partial charge is 0.271 e. The van der Waals surface area contributed by atoms with Crippen molar-refractivity contribution >= 4 is 11.0 Å². The minimum absolute atomic E-state index is 0.00719. The van der Waals surface area contributed by atoms with Crippen LogP contribution in [0.5, 0.6) is 5.75 Å². The van der Waals surface area contributed by atoms with Crippen LogP contribution in [-0.2, 0) is 29.1 Å². The summed E-state index contributed by atoms with van der Waals surface area (Å²) in [4.78, 5) is 0. The van der Waals surface area contributed by atoms with Crippen molar-refractivity contribution < 1.29 is 28.3 Å². The van der Waals surface area contributed by atoms with Gasteiger partial charge in [-0.25, -0.2) is 13.5 Å². The topological polar surface area (TPSA) is 82.8 Å². The molecule has 0 amide bonds. The number of hydrogen-bond acceptors (Lipinski definition) is 5. The molecule has 0 saturated carbocycles.